The van der Waals surface area contributed by atoms with Crippen LogP contribution in [-0.2, 0) is 6.54 Å². The number of hydrogen-bond acceptors (Lipinski definition) is 1. The Kier molecular flexibility index (Phi) is 6.40. The average molecular weight is 144 g/mol. The Morgan fingerprint density at radius 3 is 2.91 bits per heavy atom. The van der Waals surface area contributed by atoms with Crippen molar-refractivity contribution >= 4 is 0 Å². The molecule has 1 aromatic heterocycles. The number of aromatic nitrogens is 2. The van der Waals surface area contributed by atoms with E-state index in [4.69, 9.17) is 0 Å². The summed E-state index contributed by atoms with van der Waals surface area (Å²) in [7, 11) is 0. The van der Waals surface area contributed by atoms with Crippen LogP contribution in [0.25, 0.3) is 0 Å². The smallest absolute Gasteiger partial charge is 0.338 e. The monoisotopic (exact) mass is 144 g/mol. The number of nitrogens with zero attached hydrogens (tertiary/aromatic N) is 2. The molecule has 3 heteroatoms. The zero-order valence-electron chi connectivity index (χ0n) is 7.33. The van der Waals surface area contributed by atoms with Gasteiger partial charge in [-0.1, -0.05) is 6.42 Å². The number of hydrogen-bond donors (Lipinski definition) is 0. The van der Waals surface area contributed by atoms with E-state index in [0.29, 0.717) is 0 Å². The standard InChI is InChI=1S/C8H13N2.Li/c1-2-3-4-6-10-7-5-9-8-10;/h2,5,7-8H,3-4,6H2,1H3;/q-1;+1. The average Bonchev–Trinajstić information content (AvgIpc) is 2.41. The summed E-state index contributed by atoms with van der Waals surface area (Å²) in [6, 6.07) is 0. The normalized spacial score (nSPS) is 9.18. The van der Waals surface area contributed by atoms with Crippen molar-refractivity contribution < 1.29 is 18.9 Å². The molecular weight excluding hydrogens is 131 g/mol. The fourth-order valence-corrected chi connectivity index (χ4v) is 0.897. The van der Waals surface area contributed by atoms with E-state index in [9.17, 15) is 0 Å². The predicted octanol–water partition coefficient (Wildman–Crippen LogP) is -1.11. The fourth-order valence-electron chi connectivity index (χ4n) is 0.897. The van der Waals surface area contributed by atoms with E-state index in [2.05, 4.69) is 22.9 Å². The van der Waals surface area contributed by atoms with E-state index in [-0.39, 0.29) is 18.9 Å². The van der Waals surface area contributed by atoms with Gasteiger partial charge in [-0.15, -0.1) is 0 Å². The molecule has 0 aliphatic heterocycles. The summed E-state index contributed by atoms with van der Waals surface area (Å²) in [6.45, 7) is 3.18. The Morgan fingerprint density at radius 2 is 2.36 bits per heavy atom. The number of unbranched alkanes of at least 4 members (excludes halogenated alkanes) is 2. The second-order valence-corrected chi connectivity index (χ2v) is 2.35. The van der Waals surface area contributed by atoms with Gasteiger partial charge in [0.2, 0.25) is 0 Å². The van der Waals surface area contributed by atoms with Crippen LogP contribution in [0, 0.1) is 6.42 Å². The molecule has 0 spiro atoms. The van der Waals surface area contributed by atoms with Crippen LogP contribution in [0.1, 0.15) is 19.8 Å². The zero-order valence-corrected chi connectivity index (χ0v) is 7.33. The van der Waals surface area contributed by atoms with Crippen LogP contribution in [0.3, 0.4) is 0 Å². The maximum Gasteiger partial charge on any atom is 1.00 e. The molecule has 0 unspecified atom stereocenters. The molecule has 0 aliphatic carbocycles. The third kappa shape index (κ3) is 4.29. The van der Waals surface area contributed by atoms with Crippen molar-refractivity contribution in [1.82, 2.24) is 9.55 Å². The van der Waals surface area contributed by atoms with Crippen LogP contribution >= 0.6 is 0 Å². The second kappa shape index (κ2) is 6.51. The van der Waals surface area contributed by atoms with Crippen molar-refractivity contribution in [3.63, 3.8) is 0 Å². The van der Waals surface area contributed by atoms with Crippen LogP contribution in [-0.4, -0.2) is 9.55 Å². The van der Waals surface area contributed by atoms with Gasteiger partial charge in [0.05, 0.1) is 6.33 Å². The van der Waals surface area contributed by atoms with Gasteiger partial charge >= 0.3 is 18.9 Å². The fraction of sp³-hybridized carbons (Fsp3) is 0.500. The molecule has 0 atom stereocenters. The van der Waals surface area contributed by atoms with Gasteiger partial charge in [-0.25, -0.2) is 4.98 Å². The molecule has 0 amide bonds. The van der Waals surface area contributed by atoms with E-state index in [1.807, 2.05) is 18.7 Å². The minimum absolute atomic E-state index is 0. The van der Waals surface area contributed by atoms with Crippen molar-refractivity contribution in [2.45, 2.75) is 26.3 Å². The quantitative estimate of drug-likeness (QED) is 0.298. The predicted molar refractivity (Wildman–Crippen MR) is 41.4 cm³/mol. The number of imidazole rings is 1. The van der Waals surface area contributed by atoms with E-state index >= 15 is 0 Å². The van der Waals surface area contributed by atoms with Crippen molar-refractivity contribution in [2.24, 2.45) is 0 Å². The Bertz CT molecular complexity index is 161. The van der Waals surface area contributed by atoms with Crippen LogP contribution in [0.4, 0.5) is 0 Å². The molecule has 2 nitrogen and oxygen atoms in total. The van der Waals surface area contributed by atoms with Gasteiger partial charge in [-0.2, -0.15) is 13.3 Å². The number of aryl methyl sites for hydroxylation is 1. The zero-order chi connectivity index (χ0) is 7.23. The first kappa shape index (κ1) is 10.8. The molecular formula is C8H13LiN2. The van der Waals surface area contributed by atoms with Gasteiger partial charge in [0, 0.05) is 18.9 Å². The minimum Gasteiger partial charge on any atom is -0.338 e. The Hall–Kier alpha value is -0.193. The summed E-state index contributed by atoms with van der Waals surface area (Å²) < 4.78 is 2.10. The molecule has 11 heavy (non-hydrogen) atoms. The van der Waals surface area contributed by atoms with Crippen molar-refractivity contribution in [3.8, 4) is 0 Å². The van der Waals surface area contributed by atoms with Crippen molar-refractivity contribution in [3.05, 3.63) is 25.1 Å². The third-order valence-corrected chi connectivity index (χ3v) is 1.47. The van der Waals surface area contributed by atoms with Crippen LogP contribution in [0.15, 0.2) is 18.7 Å². The summed E-state index contributed by atoms with van der Waals surface area (Å²) in [5, 5.41) is 0. The molecule has 0 saturated carbocycles. The Labute approximate surface area is 80.2 Å². The van der Waals surface area contributed by atoms with Crippen molar-refractivity contribution in [1.29, 1.82) is 0 Å². The topological polar surface area (TPSA) is 17.8 Å². The first-order valence-electron chi connectivity index (χ1n) is 3.67. The summed E-state index contributed by atoms with van der Waals surface area (Å²) >= 11 is 0. The molecule has 1 aromatic rings. The van der Waals surface area contributed by atoms with Crippen LogP contribution in [0.5, 0.6) is 0 Å². The summed E-state index contributed by atoms with van der Waals surface area (Å²) in [5.74, 6) is 0. The molecule has 0 aliphatic rings. The SMILES string of the molecule is C[CH-]CCCn1ccnc1.[Li+]. The van der Waals surface area contributed by atoms with E-state index in [1.165, 1.54) is 12.8 Å². The maximum absolute atomic E-state index is 3.95. The Balaban J connectivity index is 0.000001000. The third-order valence-electron chi connectivity index (χ3n) is 1.47. The molecule has 1 heterocycles. The van der Waals surface area contributed by atoms with Gasteiger partial charge < -0.3 is 11.0 Å². The van der Waals surface area contributed by atoms with Crippen LogP contribution < -0.4 is 18.9 Å². The van der Waals surface area contributed by atoms with Gasteiger partial charge in [0.15, 0.2) is 0 Å². The van der Waals surface area contributed by atoms with Gasteiger partial charge in [-0.05, 0) is 0 Å². The molecule has 0 aromatic carbocycles. The number of rotatable bonds is 4. The van der Waals surface area contributed by atoms with Gasteiger partial charge in [0.25, 0.3) is 0 Å². The maximum atomic E-state index is 3.95. The molecule has 1 rings (SSSR count). The van der Waals surface area contributed by atoms with E-state index in [0.717, 1.165) is 6.54 Å². The largest absolute Gasteiger partial charge is 1.00 e. The molecule has 0 fully saturated rings. The summed E-state index contributed by atoms with van der Waals surface area (Å²) in [6.07, 6.45) is 10.3. The summed E-state index contributed by atoms with van der Waals surface area (Å²) in [4.78, 5) is 3.95. The molecule has 0 N–H and O–H groups in total. The molecule has 0 saturated heterocycles. The first-order chi connectivity index (χ1) is 4.93. The van der Waals surface area contributed by atoms with Crippen LogP contribution in [0.2, 0.25) is 0 Å². The van der Waals surface area contributed by atoms with E-state index in [1.54, 1.807) is 0 Å². The molecule has 0 radical (unpaired) electrons. The van der Waals surface area contributed by atoms with Crippen molar-refractivity contribution in [2.75, 3.05) is 0 Å². The Morgan fingerprint density at radius 1 is 1.55 bits per heavy atom. The van der Waals surface area contributed by atoms with E-state index < -0.39 is 0 Å². The van der Waals surface area contributed by atoms with Gasteiger partial charge in [0.1, 0.15) is 0 Å². The van der Waals surface area contributed by atoms with Gasteiger partial charge in [-0.3, -0.25) is 0 Å². The second-order valence-electron chi connectivity index (χ2n) is 2.35. The molecule has 0 bridgehead atoms. The molecule has 56 valence electrons. The minimum atomic E-state index is 0. The first-order valence-corrected chi connectivity index (χ1v) is 3.67. The summed E-state index contributed by atoms with van der Waals surface area (Å²) in [5.41, 5.74) is 0.